The largest absolute Gasteiger partial charge is 0.481 e. The lowest BCUT2D eigenvalue weighted by Gasteiger charge is -2.33. The van der Waals surface area contributed by atoms with Gasteiger partial charge >= 0.3 is 12.0 Å². The fourth-order valence-corrected chi connectivity index (χ4v) is 2.86. The molecule has 0 saturated carbocycles. The van der Waals surface area contributed by atoms with E-state index in [1.807, 2.05) is 9.80 Å². The number of amides is 2. The molecule has 1 unspecified atom stereocenters. The molecule has 0 spiro atoms. The van der Waals surface area contributed by atoms with Crippen molar-refractivity contribution in [2.45, 2.75) is 38.1 Å². The van der Waals surface area contributed by atoms with Crippen molar-refractivity contribution in [2.75, 3.05) is 26.2 Å². The molecule has 6 heteroatoms. The number of aliphatic carboxylic acids is 1. The number of hydrogen-bond donors (Lipinski definition) is 2. The molecular weight excluding hydrogens is 246 g/mol. The van der Waals surface area contributed by atoms with Gasteiger partial charge in [0, 0.05) is 38.6 Å². The number of urea groups is 1. The highest BCUT2D eigenvalue weighted by atomic mass is 16.4. The van der Waals surface area contributed by atoms with Crippen LogP contribution in [0.3, 0.4) is 0 Å². The molecule has 1 atom stereocenters. The normalized spacial score (nSPS) is 24.8. The van der Waals surface area contributed by atoms with Crippen LogP contribution in [0.15, 0.2) is 0 Å². The van der Waals surface area contributed by atoms with E-state index in [1.165, 1.54) is 0 Å². The Morgan fingerprint density at radius 1 is 1.11 bits per heavy atom. The number of hydrogen-bond acceptors (Lipinski definition) is 3. The van der Waals surface area contributed by atoms with E-state index in [1.54, 1.807) is 0 Å². The van der Waals surface area contributed by atoms with Crippen LogP contribution in [0.2, 0.25) is 0 Å². The summed E-state index contributed by atoms with van der Waals surface area (Å²) in [6, 6.07) is 0.329. The molecule has 0 radical (unpaired) electrons. The first-order valence-electron chi connectivity index (χ1n) is 7.07. The second-order valence-corrected chi connectivity index (χ2v) is 5.64. The Bertz CT molecular complexity index is 340. The predicted molar refractivity (Wildman–Crippen MR) is 70.7 cm³/mol. The summed E-state index contributed by atoms with van der Waals surface area (Å²) >= 11 is 0. The Labute approximate surface area is 113 Å². The Morgan fingerprint density at radius 3 is 2.37 bits per heavy atom. The lowest BCUT2D eigenvalue weighted by Crippen LogP contribution is -2.48. The molecule has 108 valence electrons. The Morgan fingerprint density at radius 2 is 1.74 bits per heavy atom. The number of nitrogens with zero attached hydrogens (tertiary/aromatic N) is 2. The number of carboxylic acids is 1. The minimum Gasteiger partial charge on any atom is -0.481 e. The van der Waals surface area contributed by atoms with Crippen molar-refractivity contribution >= 4 is 12.0 Å². The number of carbonyl (C=O) groups is 2. The molecule has 2 rings (SSSR count). The third-order valence-electron chi connectivity index (χ3n) is 4.13. The molecule has 19 heavy (non-hydrogen) atoms. The third-order valence-corrected chi connectivity index (χ3v) is 4.13. The average Bonchev–Trinajstić information content (AvgIpc) is 2.85. The zero-order valence-electron chi connectivity index (χ0n) is 11.3. The van der Waals surface area contributed by atoms with Gasteiger partial charge < -0.3 is 20.6 Å². The van der Waals surface area contributed by atoms with E-state index < -0.39 is 5.97 Å². The van der Waals surface area contributed by atoms with Crippen LogP contribution in [-0.2, 0) is 4.79 Å². The van der Waals surface area contributed by atoms with Gasteiger partial charge in [0.05, 0.1) is 0 Å². The van der Waals surface area contributed by atoms with Gasteiger partial charge in [-0.25, -0.2) is 4.79 Å². The molecule has 2 amide bonds. The minimum atomic E-state index is -0.755. The van der Waals surface area contributed by atoms with Crippen LogP contribution in [-0.4, -0.2) is 59.1 Å². The minimum absolute atomic E-state index is 0.102. The molecule has 3 N–H and O–H groups in total. The number of likely N-dealkylation sites (tertiary alicyclic amines) is 2. The van der Waals surface area contributed by atoms with E-state index in [4.69, 9.17) is 10.8 Å². The first-order valence-corrected chi connectivity index (χ1v) is 7.07. The van der Waals surface area contributed by atoms with Gasteiger partial charge in [0.1, 0.15) is 0 Å². The van der Waals surface area contributed by atoms with Crippen molar-refractivity contribution in [1.29, 1.82) is 0 Å². The third kappa shape index (κ3) is 3.83. The molecule has 2 saturated heterocycles. The molecule has 2 aliphatic rings. The van der Waals surface area contributed by atoms with E-state index in [-0.39, 0.29) is 18.5 Å². The molecule has 0 aromatic rings. The van der Waals surface area contributed by atoms with Gasteiger partial charge in [0.15, 0.2) is 0 Å². The standard InChI is InChI=1S/C13H23N3O3/c14-11-4-7-15(8-5-11)13(19)16-6-3-10(9-16)1-2-12(17)18/h10-11H,1-9,14H2,(H,17,18). The van der Waals surface area contributed by atoms with E-state index in [2.05, 4.69) is 0 Å². The second-order valence-electron chi connectivity index (χ2n) is 5.64. The van der Waals surface area contributed by atoms with Crippen LogP contribution in [0.1, 0.15) is 32.1 Å². The molecule has 0 bridgehead atoms. The average molecular weight is 269 g/mol. The van der Waals surface area contributed by atoms with Gasteiger partial charge in [-0.15, -0.1) is 0 Å². The maximum atomic E-state index is 12.3. The van der Waals surface area contributed by atoms with E-state index in [0.717, 1.165) is 38.9 Å². The number of carboxylic acid groups (broad SMARTS) is 1. The molecule has 0 aromatic carbocycles. The predicted octanol–water partition coefficient (Wildman–Crippen LogP) is 0.716. The number of rotatable bonds is 3. The summed E-state index contributed by atoms with van der Waals surface area (Å²) < 4.78 is 0. The molecule has 2 aliphatic heterocycles. The summed E-state index contributed by atoms with van der Waals surface area (Å²) in [4.78, 5) is 26.6. The van der Waals surface area contributed by atoms with Gasteiger partial charge in [0.2, 0.25) is 0 Å². The second kappa shape index (κ2) is 6.23. The SMILES string of the molecule is NC1CCN(C(=O)N2CCC(CCC(=O)O)C2)CC1. The highest BCUT2D eigenvalue weighted by molar-refractivity contribution is 5.75. The summed E-state index contributed by atoms with van der Waals surface area (Å²) in [7, 11) is 0. The van der Waals surface area contributed by atoms with Crippen LogP contribution >= 0.6 is 0 Å². The summed E-state index contributed by atoms with van der Waals surface area (Å²) in [6.45, 7) is 2.95. The van der Waals surface area contributed by atoms with Gasteiger partial charge in [-0.2, -0.15) is 0 Å². The van der Waals surface area contributed by atoms with Crippen molar-refractivity contribution in [2.24, 2.45) is 11.7 Å². The summed E-state index contributed by atoms with van der Waals surface area (Å²) in [6.07, 6.45) is 3.55. The van der Waals surface area contributed by atoms with Crippen LogP contribution in [0.5, 0.6) is 0 Å². The Hall–Kier alpha value is -1.30. The summed E-state index contributed by atoms with van der Waals surface area (Å²) in [5.74, 6) is -0.415. The number of nitrogens with two attached hydrogens (primary N) is 1. The van der Waals surface area contributed by atoms with Gasteiger partial charge in [-0.05, 0) is 31.6 Å². The maximum Gasteiger partial charge on any atom is 0.320 e. The molecule has 6 nitrogen and oxygen atoms in total. The smallest absolute Gasteiger partial charge is 0.320 e. The highest BCUT2D eigenvalue weighted by Gasteiger charge is 2.30. The van der Waals surface area contributed by atoms with Crippen LogP contribution in [0.4, 0.5) is 4.79 Å². The van der Waals surface area contributed by atoms with E-state index >= 15 is 0 Å². The van der Waals surface area contributed by atoms with Crippen molar-refractivity contribution in [3.05, 3.63) is 0 Å². The first kappa shape index (κ1) is 14.1. The van der Waals surface area contributed by atoms with Gasteiger partial charge in [-0.1, -0.05) is 0 Å². The lowest BCUT2D eigenvalue weighted by molar-refractivity contribution is -0.137. The zero-order chi connectivity index (χ0) is 13.8. The summed E-state index contributed by atoms with van der Waals surface area (Å²) in [5.41, 5.74) is 5.83. The molecule has 0 aliphatic carbocycles. The highest BCUT2D eigenvalue weighted by Crippen LogP contribution is 2.23. The zero-order valence-corrected chi connectivity index (χ0v) is 11.3. The quantitative estimate of drug-likeness (QED) is 0.790. The molecule has 2 fully saturated rings. The van der Waals surface area contributed by atoms with E-state index in [9.17, 15) is 9.59 Å². The van der Waals surface area contributed by atoms with Crippen LogP contribution < -0.4 is 5.73 Å². The number of carbonyl (C=O) groups excluding carboxylic acids is 1. The van der Waals surface area contributed by atoms with Gasteiger partial charge in [0.25, 0.3) is 0 Å². The lowest BCUT2D eigenvalue weighted by atomic mass is 10.0. The Kier molecular flexibility index (Phi) is 4.63. The summed E-state index contributed by atoms with van der Waals surface area (Å²) in [5, 5.41) is 8.68. The fourth-order valence-electron chi connectivity index (χ4n) is 2.86. The fraction of sp³-hybridized carbons (Fsp3) is 0.846. The van der Waals surface area contributed by atoms with Crippen molar-refractivity contribution in [1.82, 2.24) is 9.80 Å². The molecular formula is C13H23N3O3. The topological polar surface area (TPSA) is 86.9 Å². The monoisotopic (exact) mass is 269 g/mol. The van der Waals surface area contributed by atoms with Crippen molar-refractivity contribution in [3.63, 3.8) is 0 Å². The van der Waals surface area contributed by atoms with Crippen molar-refractivity contribution in [3.8, 4) is 0 Å². The van der Waals surface area contributed by atoms with Gasteiger partial charge in [-0.3, -0.25) is 4.79 Å². The maximum absolute atomic E-state index is 12.3. The molecule has 0 aromatic heterocycles. The number of piperidine rings is 1. The first-order chi connectivity index (χ1) is 9.06. The van der Waals surface area contributed by atoms with Crippen LogP contribution in [0, 0.1) is 5.92 Å². The molecule has 2 heterocycles. The van der Waals surface area contributed by atoms with E-state index in [0.29, 0.717) is 18.9 Å². The van der Waals surface area contributed by atoms with Crippen molar-refractivity contribution < 1.29 is 14.7 Å². The van der Waals surface area contributed by atoms with Crippen LogP contribution in [0.25, 0.3) is 0 Å². The Balaban J connectivity index is 1.76.